The van der Waals surface area contributed by atoms with E-state index in [1.54, 1.807) is 6.07 Å². The van der Waals surface area contributed by atoms with Crippen LogP contribution in [0.25, 0.3) is 33.5 Å². The van der Waals surface area contributed by atoms with Crippen LogP contribution in [0.15, 0.2) is 36.4 Å². The van der Waals surface area contributed by atoms with Gasteiger partial charge in [0.05, 0.1) is 12.1 Å². The fraction of sp³-hybridized carbons (Fsp3) is 0.400. The predicted octanol–water partition coefficient (Wildman–Crippen LogP) is 3.81. The van der Waals surface area contributed by atoms with E-state index < -0.39 is 0 Å². The lowest BCUT2D eigenvalue weighted by Crippen LogP contribution is -2.54. The molecule has 2 aromatic carbocycles. The minimum atomic E-state index is 0.293. The molecule has 172 valence electrons. The molecule has 0 bridgehead atoms. The summed E-state index contributed by atoms with van der Waals surface area (Å²) in [5, 5.41) is 26.1. The summed E-state index contributed by atoms with van der Waals surface area (Å²) >= 11 is 0. The van der Waals surface area contributed by atoms with Crippen LogP contribution in [0.5, 0.6) is 5.75 Å². The fourth-order valence-electron chi connectivity index (χ4n) is 5.09. The number of hydrogen-bond donors (Lipinski definition) is 3. The van der Waals surface area contributed by atoms with Crippen LogP contribution in [0, 0.1) is 0 Å². The Morgan fingerprint density at radius 2 is 1.82 bits per heavy atom. The molecule has 0 radical (unpaired) electrons. The van der Waals surface area contributed by atoms with Gasteiger partial charge in [0.1, 0.15) is 17.3 Å². The summed E-state index contributed by atoms with van der Waals surface area (Å²) in [6.45, 7) is 9.48. The Bertz CT molecular complexity index is 1260. The number of aromatic amines is 2. The number of aryl methyl sites for hydroxylation is 1. The van der Waals surface area contributed by atoms with E-state index in [4.69, 9.17) is 4.98 Å². The predicted molar refractivity (Wildman–Crippen MR) is 130 cm³/mol. The zero-order valence-electron chi connectivity index (χ0n) is 19.6. The average Bonchev–Trinajstić information content (AvgIpc) is 3.42. The molecular weight excluding hydrogens is 414 g/mol. The Morgan fingerprint density at radius 3 is 2.58 bits per heavy atom. The number of phenolic OH excluding ortho intramolecular Hbond substituents is 1. The summed E-state index contributed by atoms with van der Waals surface area (Å²) < 4.78 is 0. The molecule has 0 spiro atoms. The van der Waals surface area contributed by atoms with Crippen LogP contribution in [0.3, 0.4) is 0 Å². The first kappa shape index (κ1) is 21.6. The third-order valence-corrected chi connectivity index (χ3v) is 6.70. The Hall–Kier alpha value is -3.23. The average molecular weight is 446 g/mol. The van der Waals surface area contributed by atoms with Crippen molar-refractivity contribution in [3.05, 3.63) is 47.8 Å². The molecular formula is C25H31N7O. The number of fused-ring (bicyclic) bond motifs is 1. The van der Waals surface area contributed by atoms with Crippen molar-refractivity contribution in [3.63, 3.8) is 0 Å². The Kier molecular flexibility index (Phi) is 5.64. The topological polar surface area (TPSA) is 97.0 Å². The number of aromatic hydroxyl groups is 1. The first-order valence-electron chi connectivity index (χ1n) is 11.6. The minimum Gasteiger partial charge on any atom is -0.508 e. The highest BCUT2D eigenvalue weighted by atomic mass is 16.3. The normalized spacial score (nSPS) is 20.0. The molecule has 4 aromatic rings. The monoisotopic (exact) mass is 445 g/mol. The molecule has 3 N–H and O–H groups in total. The molecule has 5 rings (SSSR count). The number of likely N-dealkylation sites (N-methyl/N-ethyl adjacent to an activating group) is 1. The van der Waals surface area contributed by atoms with Crippen LogP contribution < -0.4 is 0 Å². The standard InChI is InChI=1S/C25H31N7O/c1-5-17-10-19(33)7-9-20(17)18-6-8-21-22(11-18)27-29-24(21)25-26-23(28-30-25)14-32-15(2)12-31(4)13-16(32)3/h6-11,15-16,33H,5,12-14H2,1-4H3,(H,27,29)(H,26,28,30)/t15-,16+. The van der Waals surface area contributed by atoms with E-state index in [2.05, 4.69) is 76.2 Å². The zero-order valence-corrected chi connectivity index (χ0v) is 19.6. The van der Waals surface area contributed by atoms with Crippen LogP contribution in [0.4, 0.5) is 0 Å². The second-order valence-corrected chi connectivity index (χ2v) is 9.22. The van der Waals surface area contributed by atoms with Gasteiger partial charge in [-0.1, -0.05) is 19.1 Å². The van der Waals surface area contributed by atoms with Crippen LogP contribution in [0.2, 0.25) is 0 Å². The van der Waals surface area contributed by atoms with E-state index in [0.717, 1.165) is 65.2 Å². The van der Waals surface area contributed by atoms with Crippen molar-refractivity contribution in [1.82, 2.24) is 35.2 Å². The number of hydrogen-bond acceptors (Lipinski definition) is 6. The van der Waals surface area contributed by atoms with Gasteiger partial charge in [0, 0.05) is 30.6 Å². The summed E-state index contributed by atoms with van der Waals surface area (Å²) in [4.78, 5) is 9.62. The van der Waals surface area contributed by atoms with E-state index >= 15 is 0 Å². The SMILES string of the molecule is CCc1cc(O)ccc1-c1ccc2c(-c3n[nH]c(CN4[C@H](C)CN(C)C[C@@H]4C)n3)n[nH]c2c1. The molecule has 2 aromatic heterocycles. The van der Waals surface area contributed by atoms with E-state index in [1.165, 1.54) is 0 Å². The maximum Gasteiger partial charge on any atom is 0.202 e. The highest BCUT2D eigenvalue weighted by Gasteiger charge is 2.28. The third kappa shape index (κ3) is 4.12. The largest absolute Gasteiger partial charge is 0.508 e. The van der Waals surface area contributed by atoms with Gasteiger partial charge in [0.2, 0.25) is 5.82 Å². The summed E-state index contributed by atoms with van der Waals surface area (Å²) in [5.41, 5.74) is 5.00. The highest BCUT2D eigenvalue weighted by Crippen LogP contribution is 2.32. The number of nitrogens with one attached hydrogen (secondary N) is 2. The van der Waals surface area contributed by atoms with Gasteiger partial charge in [-0.3, -0.25) is 15.1 Å². The third-order valence-electron chi connectivity index (χ3n) is 6.70. The van der Waals surface area contributed by atoms with Gasteiger partial charge in [0.15, 0.2) is 0 Å². The Morgan fingerprint density at radius 1 is 1.03 bits per heavy atom. The van der Waals surface area contributed by atoms with E-state index in [-0.39, 0.29) is 0 Å². The Balaban J connectivity index is 1.41. The van der Waals surface area contributed by atoms with Gasteiger partial charge in [-0.15, -0.1) is 0 Å². The van der Waals surface area contributed by atoms with Gasteiger partial charge in [-0.2, -0.15) is 10.2 Å². The van der Waals surface area contributed by atoms with Crippen LogP contribution in [-0.4, -0.2) is 72.5 Å². The maximum atomic E-state index is 9.82. The number of benzene rings is 2. The quantitative estimate of drug-likeness (QED) is 0.432. The lowest BCUT2D eigenvalue weighted by atomic mass is 9.97. The van der Waals surface area contributed by atoms with Crippen molar-refractivity contribution < 1.29 is 5.11 Å². The summed E-state index contributed by atoms with van der Waals surface area (Å²) in [7, 11) is 2.18. The van der Waals surface area contributed by atoms with Gasteiger partial charge in [-0.05, 0) is 68.3 Å². The molecule has 1 saturated heterocycles. The van der Waals surface area contributed by atoms with E-state index in [9.17, 15) is 5.11 Å². The first-order chi connectivity index (χ1) is 15.9. The first-order valence-corrected chi connectivity index (χ1v) is 11.6. The van der Waals surface area contributed by atoms with Gasteiger partial charge in [-0.25, -0.2) is 4.98 Å². The van der Waals surface area contributed by atoms with Crippen molar-refractivity contribution in [1.29, 1.82) is 0 Å². The van der Waals surface area contributed by atoms with Crippen molar-refractivity contribution in [2.24, 2.45) is 0 Å². The second kappa shape index (κ2) is 8.61. The molecule has 0 unspecified atom stereocenters. The number of aromatic nitrogens is 5. The number of phenols is 1. The number of H-pyrrole nitrogens is 2. The summed E-state index contributed by atoms with van der Waals surface area (Å²) in [5.74, 6) is 1.76. The van der Waals surface area contributed by atoms with E-state index in [1.807, 2.05) is 12.1 Å². The molecule has 1 aliphatic rings. The molecule has 0 amide bonds. The van der Waals surface area contributed by atoms with Gasteiger partial charge in [0.25, 0.3) is 0 Å². The molecule has 2 atom stereocenters. The van der Waals surface area contributed by atoms with Gasteiger partial charge < -0.3 is 10.0 Å². The van der Waals surface area contributed by atoms with Crippen LogP contribution in [0.1, 0.15) is 32.2 Å². The fourth-order valence-corrected chi connectivity index (χ4v) is 5.09. The van der Waals surface area contributed by atoms with Crippen molar-refractivity contribution >= 4 is 10.9 Å². The van der Waals surface area contributed by atoms with Crippen LogP contribution >= 0.6 is 0 Å². The van der Waals surface area contributed by atoms with Crippen molar-refractivity contribution in [3.8, 4) is 28.4 Å². The molecule has 0 aliphatic carbocycles. The molecule has 8 heteroatoms. The molecule has 0 saturated carbocycles. The zero-order chi connectivity index (χ0) is 23.1. The molecule has 33 heavy (non-hydrogen) atoms. The summed E-state index contributed by atoms with van der Waals surface area (Å²) in [6, 6.07) is 12.7. The minimum absolute atomic E-state index is 0.293. The lowest BCUT2D eigenvalue weighted by molar-refractivity contribution is 0.0439. The Labute approximate surface area is 193 Å². The van der Waals surface area contributed by atoms with Crippen LogP contribution in [-0.2, 0) is 13.0 Å². The number of piperazine rings is 1. The number of nitrogens with zero attached hydrogens (tertiary/aromatic N) is 5. The number of rotatable bonds is 5. The molecule has 1 aliphatic heterocycles. The maximum absolute atomic E-state index is 9.82. The lowest BCUT2D eigenvalue weighted by Gasteiger charge is -2.42. The van der Waals surface area contributed by atoms with Crippen molar-refractivity contribution in [2.75, 3.05) is 20.1 Å². The van der Waals surface area contributed by atoms with Crippen molar-refractivity contribution in [2.45, 2.75) is 45.8 Å². The smallest absolute Gasteiger partial charge is 0.202 e. The molecule has 8 nitrogen and oxygen atoms in total. The molecule has 1 fully saturated rings. The molecule has 3 heterocycles. The summed E-state index contributed by atoms with van der Waals surface area (Å²) in [6.07, 6.45) is 0.848. The van der Waals surface area contributed by atoms with E-state index in [0.29, 0.717) is 23.7 Å². The second-order valence-electron chi connectivity index (χ2n) is 9.22. The van der Waals surface area contributed by atoms with Gasteiger partial charge >= 0.3 is 0 Å². The highest BCUT2D eigenvalue weighted by molar-refractivity contribution is 5.94.